The first-order chi connectivity index (χ1) is 9.60. The minimum atomic E-state index is -0.158. The first kappa shape index (κ1) is 14.1. The number of carbonyl (C=O) groups excluding carboxylic acids is 1. The number of ether oxygens (including phenoxy) is 1. The fourth-order valence-electron chi connectivity index (χ4n) is 2.15. The van der Waals surface area contributed by atoms with Crippen LogP contribution < -0.4 is 4.74 Å². The normalized spacial score (nSPS) is 14.4. The summed E-state index contributed by atoms with van der Waals surface area (Å²) in [6.45, 7) is 2.97. The molecule has 0 radical (unpaired) electrons. The second-order valence-electron chi connectivity index (χ2n) is 5.05. The molecule has 1 amide bonds. The van der Waals surface area contributed by atoms with Crippen molar-refractivity contribution in [2.45, 2.75) is 13.3 Å². The van der Waals surface area contributed by atoms with Crippen molar-refractivity contribution >= 4 is 12.0 Å². The quantitative estimate of drug-likeness (QED) is 0.788. The molecule has 2 rings (SSSR count). The van der Waals surface area contributed by atoms with Gasteiger partial charge in [0, 0.05) is 26.1 Å². The van der Waals surface area contributed by atoms with Crippen molar-refractivity contribution in [2.75, 3.05) is 20.2 Å². The van der Waals surface area contributed by atoms with E-state index in [-0.39, 0.29) is 11.8 Å². The van der Waals surface area contributed by atoms with Crippen LogP contribution in [-0.4, -0.2) is 31.0 Å². The molecule has 0 N–H and O–H groups in total. The van der Waals surface area contributed by atoms with Crippen LogP contribution in [0.1, 0.15) is 18.1 Å². The van der Waals surface area contributed by atoms with Crippen LogP contribution in [0, 0.1) is 17.2 Å². The van der Waals surface area contributed by atoms with Crippen LogP contribution in [0.15, 0.2) is 24.3 Å². The highest BCUT2D eigenvalue weighted by Crippen LogP contribution is 2.26. The number of amides is 1. The van der Waals surface area contributed by atoms with Crippen molar-refractivity contribution in [3.05, 3.63) is 35.4 Å². The lowest BCUT2D eigenvalue weighted by atomic mass is 10.1. The van der Waals surface area contributed by atoms with Gasteiger partial charge in [-0.3, -0.25) is 4.79 Å². The van der Waals surface area contributed by atoms with Crippen molar-refractivity contribution in [3.8, 4) is 11.8 Å². The number of hydrogen-bond acceptors (Lipinski definition) is 3. The number of hydrogen-bond donors (Lipinski definition) is 0. The Morgan fingerprint density at radius 3 is 3.15 bits per heavy atom. The number of rotatable bonds is 4. The lowest BCUT2D eigenvalue weighted by Crippen LogP contribution is -2.29. The molecule has 1 aliphatic rings. The highest BCUT2D eigenvalue weighted by molar-refractivity contribution is 5.91. The summed E-state index contributed by atoms with van der Waals surface area (Å²) in [5.74, 6) is 0.687. The molecule has 1 atom stereocenters. The van der Waals surface area contributed by atoms with Gasteiger partial charge in [0.15, 0.2) is 0 Å². The van der Waals surface area contributed by atoms with Gasteiger partial charge in [0.25, 0.3) is 0 Å². The monoisotopic (exact) mass is 270 g/mol. The number of likely N-dealkylation sites (N-methyl/N-ethyl adjacent to an activating group) is 1. The molecule has 104 valence electrons. The number of benzene rings is 1. The maximum absolute atomic E-state index is 11.9. The molecule has 4 heteroatoms. The standard InChI is InChI=1S/C16H18N2O2/c1-12(10-17)11-18(2)16(19)6-4-13-3-5-15-14(9-13)7-8-20-15/h3-6,9,12H,7-8,11H2,1-2H3/b6-4+/t12-/m0/s1. The average molecular weight is 270 g/mol. The third kappa shape index (κ3) is 3.39. The number of nitriles is 1. The van der Waals surface area contributed by atoms with Gasteiger partial charge >= 0.3 is 0 Å². The summed E-state index contributed by atoms with van der Waals surface area (Å²) in [5, 5.41) is 8.75. The molecule has 0 saturated heterocycles. The summed E-state index contributed by atoms with van der Waals surface area (Å²) in [6, 6.07) is 8.04. The highest BCUT2D eigenvalue weighted by Gasteiger charge is 2.12. The fraction of sp³-hybridized carbons (Fsp3) is 0.375. The van der Waals surface area contributed by atoms with E-state index in [0.29, 0.717) is 6.54 Å². The Balaban J connectivity index is 1.99. The van der Waals surface area contributed by atoms with E-state index in [1.807, 2.05) is 18.2 Å². The van der Waals surface area contributed by atoms with Crippen molar-refractivity contribution in [2.24, 2.45) is 5.92 Å². The van der Waals surface area contributed by atoms with E-state index in [2.05, 4.69) is 6.07 Å². The summed E-state index contributed by atoms with van der Waals surface area (Å²) in [7, 11) is 1.71. The lowest BCUT2D eigenvalue weighted by Gasteiger charge is -2.15. The van der Waals surface area contributed by atoms with Gasteiger partial charge in [0.2, 0.25) is 5.91 Å². The highest BCUT2D eigenvalue weighted by atomic mass is 16.5. The Morgan fingerprint density at radius 2 is 2.40 bits per heavy atom. The van der Waals surface area contributed by atoms with Crippen LogP contribution in [0.25, 0.3) is 6.08 Å². The number of fused-ring (bicyclic) bond motifs is 1. The van der Waals surface area contributed by atoms with E-state index in [0.717, 1.165) is 24.3 Å². The molecule has 1 aliphatic heterocycles. The van der Waals surface area contributed by atoms with E-state index in [4.69, 9.17) is 10.00 Å². The summed E-state index contributed by atoms with van der Waals surface area (Å²) in [5.41, 5.74) is 2.18. The van der Waals surface area contributed by atoms with Crippen LogP contribution in [0.3, 0.4) is 0 Å². The van der Waals surface area contributed by atoms with Crippen molar-refractivity contribution in [1.29, 1.82) is 5.26 Å². The van der Waals surface area contributed by atoms with Crippen LogP contribution in [-0.2, 0) is 11.2 Å². The molecule has 20 heavy (non-hydrogen) atoms. The third-order valence-corrected chi connectivity index (χ3v) is 3.28. The second-order valence-corrected chi connectivity index (χ2v) is 5.05. The molecule has 0 fully saturated rings. The first-order valence-corrected chi connectivity index (χ1v) is 6.68. The minimum absolute atomic E-state index is 0.0937. The summed E-state index contributed by atoms with van der Waals surface area (Å²) in [6.07, 6.45) is 4.26. The van der Waals surface area contributed by atoms with E-state index in [9.17, 15) is 4.79 Å². The van der Waals surface area contributed by atoms with Gasteiger partial charge in [0.05, 0.1) is 18.6 Å². The topological polar surface area (TPSA) is 53.3 Å². The maximum atomic E-state index is 11.9. The Hall–Kier alpha value is -2.28. The van der Waals surface area contributed by atoms with Crippen molar-refractivity contribution < 1.29 is 9.53 Å². The Bertz CT molecular complexity index is 572. The zero-order chi connectivity index (χ0) is 14.5. The molecular weight excluding hydrogens is 252 g/mol. The Morgan fingerprint density at radius 1 is 1.60 bits per heavy atom. The van der Waals surface area contributed by atoms with Gasteiger partial charge < -0.3 is 9.64 Å². The second kappa shape index (κ2) is 6.25. The van der Waals surface area contributed by atoms with Gasteiger partial charge in [-0.05, 0) is 36.3 Å². The van der Waals surface area contributed by atoms with Crippen LogP contribution in [0.4, 0.5) is 0 Å². The zero-order valence-corrected chi connectivity index (χ0v) is 11.8. The van der Waals surface area contributed by atoms with Crippen molar-refractivity contribution in [1.82, 2.24) is 4.90 Å². The summed E-state index contributed by atoms with van der Waals surface area (Å²) in [4.78, 5) is 13.5. The van der Waals surface area contributed by atoms with Gasteiger partial charge in [-0.25, -0.2) is 0 Å². The van der Waals surface area contributed by atoms with E-state index in [1.54, 1.807) is 31.0 Å². The molecule has 0 aromatic heterocycles. The largest absolute Gasteiger partial charge is 0.493 e. The first-order valence-electron chi connectivity index (χ1n) is 6.68. The van der Waals surface area contributed by atoms with Crippen LogP contribution >= 0.6 is 0 Å². The summed E-state index contributed by atoms with van der Waals surface area (Å²) < 4.78 is 5.44. The number of carbonyl (C=O) groups is 1. The average Bonchev–Trinajstić information content (AvgIpc) is 2.91. The lowest BCUT2D eigenvalue weighted by molar-refractivity contribution is -0.125. The zero-order valence-electron chi connectivity index (χ0n) is 11.8. The summed E-state index contributed by atoms with van der Waals surface area (Å²) >= 11 is 0. The van der Waals surface area contributed by atoms with Gasteiger partial charge in [-0.1, -0.05) is 6.07 Å². The maximum Gasteiger partial charge on any atom is 0.246 e. The number of nitrogens with zero attached hydrogens (tertiary/aromatic N) is 2. The molecule has 1 aromatic rings. The predicted octanol–water partition coefficient (Wildman–Crippen LogP) is 2.25. The van der Waals surface area contributed by atoms with Gasteiger partial charge in [-0.15, -0.1) is 0 Å². The predicted molar refractivity (Wildman–Crippen MR) is 77.1 cm³/mol. The van der Waals surface area contributed by atoms with Gasteiger partial charge in [0.1, 0.15) is 5.75 Å². The smallest absolute Gasteiger partial charge is 0.246 e. The van der Waals surface area contributed by atoms with E-state index < -0.39 is 0 Å². The molecule has 1 heterocycles. The Labute approximate surface area is 119 Å². The van der Waals surface area contributed by atoms with Crippen LogP contribution in [0.5, 0.6) is 5.75 Å². The van der Waals surface area contributed by atoms with Crippen molar-refractivity contribution in [3.63, 3.8) is 0 Å². The molecule has 0 aliphatic carbocycles. The molecule has 1 aromatic carbocycles. The SMILES string of the molecule is C[C@@H](C#N)CN(C)C(=O)/C=C/c1ccc2c(c1)CCO2. The Kier molecular flexibility index (Phi) is 4.41. The molecule has 0 bridgehead atoms. The minimum Gasteiger partial charge on any atom is -0.493 e. The van der Waals surface area contributed by atoms with Crippen LogP contribution in [0.2, 0.25) is 0 Å². The molecule has 0 saturated carbocycles. The fourth-order valence-corrected chi connectivity index (χ4v) is 2.15. The third-order valence-electron chi connectivity index (χ3n) is 3.28. The van der Waals surface area contributed by atoms with Gasteiger partial charge in [-0.2, -0.15) is 5.26 Å². The molecular formula is C16H18N2O2. The molecule has 4 nitrogen and oxygen atoms in total. The van der Waals surface area contributed by atoms with E-state index in [1.165, 1.54) is 5.56 Å². The van der Waals surface area contributed by atoms with E-state index >= 15 is 0 Å². The molecule has 0 unspecified atom stereocenters. The molecule has 0 spiro atoms.